The Morgan fingerprint density at radius 1 is 1.58 bits per heavy atom. The van der Waals surface area contributed by atoms with Crippen molar-refractivity contribution in [2.75, 3.05) is 6.61 Å². The van der Waals surface area contributed by atoms with Gasteiger partial charge < -0.3 is 10.5 Å². The summed E-state index contributed by atoms with van der Waals surface area (Å²) >= 11 is 3.16. The van der Waals surface area contributed by atoms with Crippen LogP contribution in [0, 0.1) is 10.1 Å². The SMILES string of the molecule is CCOC(=O)C(N)Cc1ccc(Br)cc1[N+](=O)[O-].Cl. The second-order valence-corrected chi connectivity index (χ2v) is 4.51. The predicted molar refractivity (Wildman–Crippen MR) is 76.4 cm³/mol. The first-order valence-corrected chi connectivity index (χ1v) is 6.10. The molecule has 0 heterocycles. The third-order valence-corrected chi connectivity index (χ3v) is 2.77. The number of esters is 1. The van der Waals surface area contributed by atoms with Crippen LogP contribution < -0.4 is 5.73 Å². The van der Waals surface area contributed by atoms with Crippen molar-refractivity contribution in [3.63, 3.8) is 0 Å². The summed E-state index contributed by atoms with van der Waals surface area (Å²) in [4.78, 5) is 21.7. The molecule has 1 unspecified atom stereocenters. The first-order chi connectivity index (χ1) is 8.45. The summed E-state index contributed by atoms with van der Waals surface area (Å²) in [7, 11) is 0. The highest BCUT2D eigenvalue weighted by Crippen LogP contribution is 2.24. The Balaban J connectivity index is 0.00000324. The Hall–Kier alpha value is -1.18. The monoisotopic (exact) mass is 352 g/mol. The number of hydrogen-bond acceptors (Lipinski definition) is 5. The van der Waals surface area contributed by atoms with Crippen LogP contribution >= 0.6 is 28.3 Å². The fraction of sp³-hybridized carbons (Fsp3) is 0.364. The van der Waals surface area contributed by atoms with E-state index in [1.165, 1.54) is 6.07 Å². The van der Waals surface area contributed by atoms with Crippen LogP contribution in [0.15, 0.2) is 22.7 Å². The average Bonchev–Trinajstić information content (AvgIpc) is 2.31. The molecule has 6 nitrogen and oxygen atoms in total. The van der Waals surface area contributed by atoms with Gasteiger partial charge in [-0.1, -0.05) is 22.0 Å². The van der Waals surface area contributed by atoms with Crippen molar-refractivity contribution in [2.45, 2.75) is 19.4 Å². The van der Waals surface area contributed by atoms with Gasteiger partial charge in [-0.15, -0.1) is 12.4 Å². The normalized spacial score (nSPS) is 11.3. The first-order valence-electron chi connectivity index (χ1n) is 5.30. The summed E-state index contributed by atoms with van der Waals surface area (Å²) in [6.45, 7) is 1.90. The molecule has 0 aliphatic carbocycles. The number of benzene rings is 1. The number of halogens is 2. The van der Waals surface area contributed by atoms with Gasteiger partial charge in [0.05, 0.1) is 11.5 Å². The lowest BCUT2D eigenvalue weighted by molar-refractivity contribution is -0.385. The fourth-order valence-electron chi connectivity index (χ4n) is 1.45. The van der Waals surface area contributed by atoms with E-state index in [1.54, 1.807) is 19.1 Å². The minimum atomic E-state index is -0.898. The van der Waals surface area contributed by atoms with E-state index in [0.29, 0.717) is 10.0 Å². The molecule has 0 aliphatic rings. The lowest BCUT2D eigenvalue weighted by Gasteiger charge is -2.10. The number of rotatable bonds is 5. The van der Waals surface area contributed by atoms with E-state index in [2.05, 4.69) is 15.9 Å². The molecule has 1 rings (SSSR count). The van der Waals surface area contributed by atoms with Crippen LogP contribution in [-0.4, -0.2) is 23.5 Å². The summed E-state index contributed by atoms with van der Waals surface area (Å²) in [5.74, 6) is -0.560. The van der Waals surface area contributed by atoms with Crippen molar-refractivity contribution in [1.29, 1.82) is 0 Å². The molecule has 2 N–H and O–H groups in total. The van der Waals surface area contributed by atoms with Crippen LogP contribution in [0.2, 0.25) is 0 Å². The van der Waals surface area contributed by atoms with Crippen LogP contribution in [0.3, 0.4) is 0 Å². The summed E-state index contributed by atoms with van der Waals surface area (Å²) < 4.78 is 5.36. The van der Waals surface area contributed by atoms with Gasteiger partial charge in [-0.05, 0) is 13.0 Å². The van der Waals surface area contributed by atoms with E-state index in [-0.39, 0.29) is 31.1 Å². The van der Waals surface area contributed by atoms with Gasteiger partial charge in [0.2, 0.25) is 0 Å². The molecule has 0 amide bonds. The van der Waals surface area contributed by atoms with Gasteiger partial charge in [0.1, 0.15) is 6.04 Å². The maximum atomic E-state index is 11.4. The average molecular weight is 354 g/mol. The van der Waals surface area contributed by atoms with Crippen LogP contribution in [0.5, 0.6) is 0 Å². The lowest BCUT2D eigenvalue weighted by Crippen LogP contribution is -2.34. The molecule has 1 aromatic rings. The van der Waals surface area contributed by atoms with Crippen LogP contribution in [0.1, 0.15) is 12.5 Å². The Kier molecular flexibility index (Phi) is 7.58. The van der Waals surface area contributed by atoms with Gasteiger partial charge in [0.25, 0.3) is 5.69 Å². The zero-order valence-corrected chi connectivity index (χ0v) is 12.6. The Morgan fingerprint density at radius 3 is 2.74 bits per heavy atom. The Bertz CT molecular complexity index is 470. The zero-order valence-electron chi connectivity index (χ0n) is 10.2. The quantitative estimate of drug-likeness (QED) is 0.497. The molecule has 106 valence electrons. The number of nitro groups is 1. The van der Waals surface area contributed by atoms with Gasteiger partial charge in [-0.3, -0.25) is 14.9 Å². The number of carbonyl (C=O) groups excluding carboxylic acids is 1. The minimum Gasteiger partial charge on any atom is -0.465 e. The maximum Gasteiger partial charge on any atom is 0.323 e. The highest BCUT2D eigenvalue weighted by atomic mass is 79.9. The van der Waals surface area contributed by atoms with E-state index in [1.807, 2.05) is 0 Å². The van der Waals surface area contributed by atoms with Crippen molar-refractivity contribution in [3.8, 4) is 0 Å². The second kappa shape index (κ2) is 8.08. The molecule has 19 heavy (non-hydrogen) atoms. The zero-order chi connectivity index (χ0) is 13.7. The van der Waals surface area contributed by atoms with Crippen molar-refractivity contribution in [1.82, 2.24) is 0 Å². The molecule has 0 bridgehead atoms. The summed E-state index contributed by atoms with van der Waals surface area (Å²) in [5.41, 5.74) is 5.97. The van der Waals surface area contributed by atoms with E-state index < -0.39 is 16.9 Å². The van der Waals surface area contributed by atoms with Gasteiger partial charge in [0, 0.05) is 22.5 Å². The van der Waals surface area contributed by atoms with Gasteiger partial charge in [0.15, 0.2) is 0 Å². The molecule has 0 spiro atoms. The van der Waals surface area contributed by atoms with Crippen LogP contribution in [0.4, 0.5) is 5.69 Å². The van der Waals surface area contributed by atoms with Crippen LogP contribution in [-0.2, 0) is 16.0 Å². The van der Waals surface area contributed by atoms with Crippen molar-refractivity contribution in [2.24, 2.45) is 5.73 Å². The fourth-order valence-corrected chi connectivity index (χ4v) is 1.80. The summed E-state index contributed by atoms with van der Waals surface area (Å²) in [6, 6.07) is 3.72. The number of nitrogens with zero attached hydrogens (tertiary/aromatic N) is 1. The Labute approximate surface area is 125 Å². The molecule has 0 aliphatic heterocycles. The third-order valence-electron chi connectivity index (χ3n) is 2.27. The molecule has 1 atom stereocenters. The standard InChI is InChI=1S/C11H13BrN2O4.ClH/c1-2-18-11(15)9(13)5-7-3-4-8(12)6-10(7)14(16)17;/h3-4,6,9H,2,5,13H2,1H3;1H. The number of ether oxygens (including phenoxy) is 1. The van der Waals surface area contributed by atoms with Gasteiger partial charge in [-0.25, -0.2) is 0 Å². The molecule has 8 heteroatoms. The van der Waals surface area contributed by atoms with Gasteiger partial charge >= 0.3 is 5.97 Å². The highest BCUT2D eigenvalue weighted by molar-refractivity contribution is 9.10. The molecule has 0 aromatic heterocycles. The van der Waals surface area contributed by atoms with Crippen molar-refractivity contribution < 1.29 is 14.5 Å². The molecule has 0 saturated carbocycles. The van der Waals surface area contributed by atoms with E-state index in [9.17, 15) is 14.9 Å². The molecular formula is C11H14BrClN2O4. The first kappa shape index (κ1) is 17.8. The summed E-state index contributed by atoms with van der Waals surface area (Å²) in [6.07, 6.45) is 0.0719. The third kappa shape index (κ3) is 5.14. The smallest absolute Gasteiger partial charge is 0.323 e. The highest BCUT2D eigenvalue weighted by Gasteiger charge is 2.21. The lowest BCUT2D eigenvalue weighted by atomic mass is 10.0. The van der Waals surface area contributed by atoms with Crippen molar-refractivity contribution in [3.05, 3.63) is 38.3 Å². The molecule has 1 aromatic carbocycles. The topological polar surface area (TPSA) is 95.5 Å². The molecular weight excluding hydrogens is 339 g/mol. The van der Waals surface area contributed by atoms with E-state index in [0.717, 1.165) is 0 Å². The maximum absolute atomic E-state index is 11.4. The largest absolute Gasteiger partial charge is 0.465 e. The molecule has 0 fully saturated rings. The number of nitrogens with two attached hydrogens (primary N) is 1. The summed E-state index contributed by atoms with van der Waals surface area (Å²) in [5, 5.41) is 10.9. The predicted octanol–water partition coefficient (Wildman–Crippen LogP) is 2.21. The second-order valence-electron chi connectivity index (χ2n) is 3.59. The molecule has 0 saturated heterocycles. The molecule has 0 radical (unpaired) electrons. The van der Waals surface area contributed by atoms with Gasteiger partial charge in [-0.2, -0.15) is 0 Å². The number of nitro benzene ring substituents is 1. The number of carbonyl (C=O) groups is 1. The van der Waals surface area contributed by atoms with Crippen LogP contribution in [0.25, 0.3) is 0 Å². The minimum absolute atomic E-state index is 0. The number of hydrogen-bond donors (Lipinski definition) is 1. The Morgan fingerprint density at radius 2 is 2.21 bits per heavy atom. The van der Waals surface area contributed by atoms with E-state index >= 15 is 0 Å². The van der Waals surface area contributed by atoms with Crippen molar-refractivity contribution >= 4 is 40.0 Å². The van der Waals surface area contributed by atoms with E-state index in [4.69, 9.17) is 10.5 Å².